The molecule has 0 unspecified atom stereocenters. The van der Waals surface area contributed by atoms with Crippen LogP contribution in [0.5, 0.6) is 0 Å². The summed E-state index contributed by atoms with van der Waals surface area (Å²) in [6.07, 6.45) is 4.01. The Bertz CT molecular complexity index is 1140. The van der Waals surface area contributed by atoms with Crippen LogP contribution in [0.1, 0.15) is 40.7 Å². The molecular formula is C22H22N4O3S. The molecule has 1 amide bonds. The number of pyridine rings is 1. The lowest BCUT2D eigenvalue weighted by molar-refractivity contribution is 0.0935. The number of nitrogens with one attached hydrogen (secondary N) is 1. The van der Waals surface area contributed by atoms with E-state index in [1.807, 2.05) is 42.6 Å². The number of nitrogens with zero attached hydrogens (tertiary/aromatic N) is 3. The van der Waals surface area contributed by atoms with Gasteiger partial charge in [-0.1, -0.05) is 11.2 Å². The molecule has 154 valence electrons. The van der Waals surface area contributed by atoms with Crippen LogP contribution in [0.4, 0.5) is 0 Å². The molecule has 1 aliphatic heterocycles. The van der Waals surface area contributed by atoms with E-state index in [0.717, 1.165) is 23.7 Å². The highest BCUT2D eigenvalue weighted by molar-refractivity contribution is 7.13. The molecule has 5 heterocycles. The molecule has 8 heteroatoms. The minimum atomic E-state index is -0.165. The normalized spacial score (nSPS) is 15.6. The number of fused-ring (bicyclic) bond motifs is 1. The topological polar surface area (TPSA) is 84.4 Å². The fraction of sp³-hybridized carbons (Fsp3) is 0.318. The van der Waals surface area contributed by atoms with Gasteiger partial charge in [-0.3, -0.25) is 9.69 Å². The third-order valence-corrected chi connectivity index (χ3v) is 6.44. The van der Waals surface area contributed by atoms with Crippen LogP contribution in [0.2, 0.25) is 0 Å². The van der Waals surface area contributed by atoms with Gasteiger partial charge in [-0.25, -0.2) is 4.98 Å². The summed E-state index contributed by atoms with van der Waals surface area (Å²) >= 11 is 1.57. The van der Waals surface area contributed by atoms with E-state index in [-0.39, 0.29) is 11.9 Å². The highest BCUT2D eigenvalue weighted by Gasteiger charge is 2.27. The number of carbonyl (C=O) groups is 1. The van der Waals surface area contributed by atoms with Gasteiger partial charge in [-0.05, 0) is 62.5 Å². The van der Waals surface area contributed by atoms with Crippen LogP contribution in [-0.2, 0) is 0 Å². The van der Waals surface area contributed by atoms with Crippen LogP contribution in [-0.4, -0.2) is 40.6 Å². The molecule has 4 aromatic heterocycles. The number of rotatable bonds is 6. The monoisotopic (exact) mass is 422 g/mol. The first-order valence-corrected chi connectivity index (χ1v) is 11.0. The summed E-state index contributed by atoms with van der Waals surface area (Å²) in [5, 5.41) is 9.77. The fourth-order valence-electron chi connectivity index (χ4n) is 4.05. The van der Waals surface area contributed by atoms with Crippen molar-refractivity contribution >= 4 is 28.3 Å². The SMILES string of the molecule is Cc1noc2nc(-c3cccs3)cc(C(=O)NC[C@@H](c3ccco3)N3CCCC3)c12. The predicted octanol–water partition coefficient (Wildman–Crippen LogP) is 4.42. The third-order valence-electron chi connectivity index (χ3n) is 5.54. The lowest BCUT2D eigenvalue weighted by Gasteiger charge is -2.26. The number of furan rings is 1. The van der Waals surface area contributed by atoms with E-state index in [2.05, 4.69) is 20.4 Å². The first-order valence-electron chi connectivity index (χ1n) is 10.1. The Labute approximate surface area is 177 Å². The van der Waals surface area contributed by atoms with E-state index in [0.29, 0.717) is 34.6 Å². The summed E-state index contributed by atoms with van der Waals surface area (Å²) < 4.78 is 11.0. The van der Waals surface area contributed by atoms with Crippen LogP contribution >= 0.6 is 11.3 Å². The Kier molecular flexibility index (Phi) is 5.10. The summed E-state index contributed by atoms with van der Waals surface area (Å²) in [6, 6.07) is 9.64. The second-order valence-corrected chi connectivity index (χ2v) is 8.41. The van der Waals surface area contributed by atoms with E-state index in [1.54, 1.807) is 17.6 Å². The van der Waals surface area contributed by atoms with Gasteiger partial charge >= 0.3 is 0 Å². The van der Waals surface area contributed by atoms with E-state index >= 15 is 0 Å². The summed E-state index contributed by atoms with van der Waals surface area (Å²) in [5.41, 5.74) is 2.27. The summed E-state index contributed by atoms with van der Waals surface area (Å²) in [7, 11) is 0. The lowest BCUT2D eigenvalue weighted by atomic mass is 10.1. The molecular weight excluding hydrogens is 400 g/mol. The Hall–Kier alpha value is -2.97. The quantitative estimate of drug-likeness (QED) is 0.495. The molecule has 0 spiro atoms. The van der Waals surface area contributed by atoms with Gasteiger partial charge in [-0.2, -0.15) is 0 Å². The number of aromatic nitrogens is 2. The summed E-state index contributed by atoms with van der Waals surface area (Å²) in [5.74, 6) is 0.708. The number of amides is 1. The summed E-state index contributed by atoms with van der Waals surface area (Å²) in [6.45, 7) is 4.31. The molecule has 0 saturated carbocycles. The number of likely N-dealkylation sites (tertiary alicyclic amines) is 1. The van der Waals surface area contributed by atoms with Gasteiger partial charge in [0.25, 0.3) is 11.6 Å². The molecule has 0 aliphatic carbocycles. The molecule has 1 saturated heterocycles. The van der Waals surface area contributed by atoms with Gasteiger partial charge in [0.15, 0.2) is 0 Å². The van der Waals surface area contributed by atoms with Gasteiger partial charge in [0.2, 0.25) is 0 Å². The Morgan fingerprint density at radius 3 is 2.90 bits per heavy atom. The second-order valence-electron chi connectivity index (χ2n) is 7.46. The smallest absolute Gasteiger partial charge is 0.259 e. The van der Waals surface area contributed by atoms with Crippen LogP contribution in [0.3, 0.4) is 0 Å². The van der Waals surface area contributed by atoms with Crippen molar-refractivity contribution in [1.29, 1.82) is 0 Å². The van der Waals surface area contributed by atoms with E-state index < -0.39 is 0 Å². The van der Waals surface area contributed by atoms with Gasteiger partial charge in [0.05, 0.1) is 39.5 Å². The number of thiophene rings is 1. The van der Waals surface area contributed by atoms with Crippen molar-refractivity contribution < 1.29 is 13.7 Å². The van der Waals surface area contributed by atoms with Crippen LogP contribution in [0.25, 0.3) is 21.7 Å². The molecule has 4 aromatic rings. The first kappa shape index (κ1) is 19.0. The maximum atomic E-state index is 13.3. The lowest BCUT2D eigenvalue weighted by Crippen LogP contribution is -2.36. The molecule has 1 aliphatic rings. The standard InChI is InChI=1S/C22H22N4O3S/c1-14-20-15(12-16(19-7-5-11-30-19)24-22(20)29-25-14)21(27)23-13-17(18-6-4-10-28-18)26-8-2-3-9-26/h4-7,10-12,17H,2-3,8-9,13H2,1H3,(H,23,27)/t17-/m0/s1. The van der Waals surface area contributed by atoms with Gasteiger partial charge in [0, 0.05) is 6.54 Å². The number of hydrogen-bond acceptors (Lipinski definition) is 7. The van der Waals surface area contributed by atoms with Crippen LogP contribution in [0, 0.1) is 6.92 Å². The van der Waals surface area contributed by atoms with Gasteiger partial charge < -0.3 is 14.3 Å². The Balaban J connectivity index is 1.44. The zero-order valence-corrected chi connectivity index (χ0v) is 17.4. The Morgan fingerprint density at radius 2 is 2.17 bits per heavy atom. The van der Waals surface area contributed by atoms with E-state index in [1.165, 1.54) is 12.8 Å². The molecule has 0 radical (unpaired) electrons. The molecule has 1 N–H and O–H groups in total. The molecule has 5 rings (SSSR count). The predicted molar refractivity (Wildman–Crippen MR) is 114 cm³/mol. The van der Waals surface area contributed by atoms with Crippen LogP contribution in [0.15, 0.2) is 50.9 Å². The number of aryl methyl sites for hydroxylation is 1. The molecule has 7 nitrogen and oxygen atoms in total. The van der Waals surface area contributed by atoms with Crippen molar-refractivity contribution in [2.24, 2.45) is 0 Å². The number of carbonyl (C=O) groups excluding carboxylic acids is 1. The second kappa shape index (κ2) is 8.04. The van der Waals surface area contributed by atoms with Gasteiger partial charge in [0.1, 0.15) is 5.76 Å². The minimum absolute atomic E-state index is 0.0177. The van der Waals surface area contributed by atoms with Crippen molar-refractivity contribution in [2.75, 3.05) is 19.6 Å². The van der Waals surface area contributed by atoms with Crippen molar-refractivity contribution in [3.05, 3.63) is 59.0 Å². The maximum Gasteiger partial charge on any atom is 0.259 e. The zero-order valence-electron chi connectivity index (χ0n) is 16.6. The van der Waals surface area contributed by atoms with E-state index in [9.17, 15) is 4.79 Å². The molecule has 1 atom stereocenters. The van der Waals surface area contributed by atoms with Gasteiger partial charge in [-0.15, -0.1) is 11.3 Å². The molecule has 0 aromatic carbocycles. The minimum Gasteiger partial charge on any atom is -0.468 e. The fourth-order valence-corrected chi connectivity index (χ4v) is 4.74. The Morgan fingerprint density at radius 1 is 1.30 bits per heavy atom. The molecule has 0 bridgehead atoms. The van der Waals surface area contributed by atoms with Crippen LogP contribution < -0.4 is 5.32 Å². The molecule has 30 heavy (non-hydrogen) atoms. The van der Waals surface area contributed by atoms with E-state index in [4.69, 9.17) is 8.94 Å². The zero-order chi connectivity index (χ0) is 20.5. The highest BCUT2D eigenvalue weighted by atomic mass is 32.1. The average molecular weight is 423 g/mol. The molecule has 1 fully saturated rings. The average Bonchev–Trinajstić information content (AvgIpc) is 3.55. The largest absolute Gasteiger partial charge is 0.468 e. The first-order chi connectivity index (χ1) is 14.7. The van der Waals surface area contributed by atoms with Crippen molar-refractivity contribution in [1.82, 2.24) is 20.4 Å². The van der Waals surface area contributed by atoms with Crippen molar-refractivity contribution in [2.45, 2.75) is 25.8 Å². The highest BCUT2D eigenvalue weighted by Crippen LogP contribution is 2.30. The summed E-state index contributed by atoms with van der Waals surface area (Å²) in [4.78, 5) is 21.2. The van der Waals surface area contributed by atoms with Crippen molar-refractivity contribution in [3.8, 4) is 10.6 Å². The van der Waals surface area contributed by atoms with Crippen molar-refractivity contribution in [3.63, 3.8) is 0 Å². The maximum absolute atomic E-state index is 13.3. The number of hydrogen-bond donors (Lipinski definition) is 1. The third kappa shape index (κ3) is 3.53.